The van der Waals surface area contributed by atoms with Gasteiger partial charge in [-0.1, -0.05) is 0 Å². The van der Waals surface area contributed by atoms with Gasteiger partial charge >= 0.3 is 11.7 Å². The zero-order valence-corrected chi connectivity index (χ0v) is 16.4. The lowest BCUT2D eigenvalue weighted by Gasteiger charge is -2.06. The topological polar surface area (TPSA) is 113 Å². The highest BCUT2D eigenvalue weighted by molar-refractivity contribution is 7.13. The van der Waals surface area contributed by atoms with E-state index in [1.54, 1.807) is 12.5 Å². The van der Waals surface area contributed by atoms with E-state index in [0.29, 0.717) is 10.8 Å². The van der Waals surface area contributed by atoms with Gasteiger partial charge in [0.2, 0.25) is 0 Å². The molecule has 2 aromatic carbocycles. The van der Waals surface area contributed by atoms with Gasteiger partial charge in [-0.3, -0.25) is 10.1 Å². The Morgan fingerprint density at radius 1 is 1.17 bits per heavy atom. The highest BCUT2D eigenvalue weighted by Crippen LogP contribution is 2.28. The van der Waals surface area contributed by atoms with Gasteiger partial charge in [0.05, 0.1) is 30.4 Å². The summed E-state index contributed by atoms with van der Waals surface area (Å²) in [6.07, 6.45) is 0. The Hall–Kier alpha value is -3.66. The molecule has 29 heavy (non-hydrogen) atoms. The first-order valence-electron chi connectivity index (χ1n) is 8.35. The second-order valence-electron chi connectivity index (χ2n) is 5.72. The van der Waals surface area contributed by atoms with Crippen LogP contribution in [0.1, 0.15) is 16.1 Å². The van der Waals surface area contributed by atoms with Crippen LogP contribution in [0, 0.1) is 10.1 Å². The summed E-state index contributed by atoms with van der Waals surface area (Å²) in [5.41, 5.74) is 1.16. The molecule has 1 heterocycles. The molecule has 9 nitrogen and oxygen atoms in total. The summed E-state index contributed by atoms with van der Waals surface area (Å²) in [5.74, 6) is 0.134. The van der Waals surface area contributed by atoms with E-state index in [1.165, 1.54) is 30.6 Å². The third-order valence-corrected chi connectivity index (χ3v) is 4.66. The number of carbonyl (C=O) groups is 1. The smallest absolute Gasteiger partial charge is 0.338 e. The number of benzene rings is 2. The number of nitrogens with zero attached hydrogens (tertiary/aromatic N) is 2. The lowest BCUT2D eigenvalue weighted by atomic mass is 10.2. The molecular formula is C19H17N3O6S. The predicted molar refractivity (Wildman–Crippen MR) is 107 cm³/mol. The molecule has 0 aliphatic rings. The minimum atomic E-state index is -0.687. The van der Waals surface area contributed by atoms with Crippen LogP contribution in [0.2, 0.25) is 0 Å². The van der Waals surface area contributed by atoms with E-state index in [-0.39, 0.29) is 23.6 Å². The molecule has 0 saturated heterocycles. The fourth-order valence-corrected chi connectivity index (χ4v) is 3.13. The Morgan fingerprint density at radius 3 is 2.59 bits per heavy atom. The van der Waals surface area contributed by atoms with Crippen LogP contribution in [-0.4, -0.2) is 30.1 Å². The molecule has 0 aliphatic carbocycles. The number of methoxy groups -OCH3 is 2. The molecular weight excluding hydrogens is 398 g/mol. The molecule has 0 saturated carbocycles. The number of hydrogen-bond acceptors (Lipinski definition) is 9. The van der Waals surface area contributed by atoms with Gasteiger partial charge in [-0.25, -0.2) is 9.78 Å². The Bertz CT molecular complexity index is 1020. The average Bonchev–Trinajstić information content (AvgIpc) is 3.19. The van der Waals surface area contributed by atoms with Gasteiger partial charge in [0.15, 0.2) is 10.9 Å². The van der Waals surface area contributed by atoms with Crippen LogP contribution in [-0.2, 0) is 11.3 Å². The van der Waals surface area contributed by atoms with E-state index in [9.17, 15) is 14.9 Å². The maximum Gasteiger partial charge on any atom is 0.338 e. The summed E-state index contributed by atoms with van der Waals surface area (Å²) >= 11 is 1.36. The predicted octanol–water partition coefficient (Wildman–Crippen LogP) is 4.17. The van der Waals surface area contributed by atoms with Crippen molar-refractivity contribution in [2.24, 2.45) is 0 Å². The first-order chi connectivity index (χ1) is 14.0. The summed E-state index contributed by atoms with van der Waals surface area (Å²) in [6.45, 7) is -0.0561. The van der Waals surface area contributed by atoms with Crippen LogP contribution in [0.25, 0.3) is 0 Å². The normalized spacial score (nSPS) is 10.3. The van der Waals surface area contributed by atoms with E-state index < -0.39 is 10.9 Å². The monoisotopic (exact) mass is 415 g/mol. The SMILES string of the molecule is COc1ccc(Nc2nc(COC(=O)c3ccc(OC)c([N+](=O)[O-])c3)cs2)cc1. The van der Waals surface area contributed by atoms with Crippen molar-refractivity contribution in [3.05, 3.63) is 69.2 Å². The molecule has 3 rings (SSSR count). The Labute approximate surface area is 170 Å². The van der Waals surface area contributed by atoms with Crippen molar-refractivity contribution in [3.8, 4) is 11.5 Å². The van der Waals surface area contributed by atoms with Gasteiger partial charge in [-0.05, 0) is 36.4 Å². The van der Waals surface area contributed by atoms with E-state index in [4.69, 9.17) is 14.2 Å². The van der Waals surface area contributed by atoms with Gasteiger partial charge in [-0.2, -0.15) is 0 Å². The third-order valence-electron chi connectivity index (χ3n) is 3.86. The lowest BCUT2D eigenvalue weighted by molar-refractivity contribution is -0.385. The number of anilines is 2. The van der Waals surface area contributed by atoms with Crippen molar-refractivity contribution in [2.45, 2.75) is 6.61 Å². The number of hydrogen-bond donors (Lipinski definition) is 1. The maximum absolute atomic E-state index is 12.2. The fraction of sp³-hybridized carbons (Fsp3) is 0.158. The van der Waals surface area contributed by atoms with Gasteiger partial charge in [-0.15, -0.1) is 11.3 Å². The molecule has 0 spiro atoms. The third kappa shape index (κ3) is 4.99. The number of esters is 1. The number of nitro groups is 1. The van der Waals surface area contributed by atoms with E-state index in [1.807, 2.05) is 24.3 Å². The van der Waals surface area contributed by atoms with Crippen LogP contribution in [0.15, 0.2) is 47.8 Å². The molecule has 0 amide bonds. The zero-order chi connectivity index (χ0) is 20.8. The Balaban J connectivity index is 1.61. The van der Waals surface area contributed by atoms with Crippen LogP contribution in [0.5, 0.6) is 11.5 Å². The summed E-state index contributed by atoms with van der Waals surface area (Å²) in [4.78, 5) is 27.0. The van der Waals surface area contributed by atoms with Crippen LogP contribution in [0.4, 0.5) is 16.5 Å². The summed E-state index contributed by atoms with van der Waals surface area (Å²) < 4.78 is 15.2. The maximum atomic E-state index is 12.2. The van der Waals surface area contributed by atoms with Crippen molar-refractivity contribution in [3.63, 3.8) is 0 Å². The van der Waals surface area contributed by atoms with Gasteiger partial charge < -0.3 is 19.5 Å². The molecule has 0 radical (unpaired) electrons. The number of carbonyl (C=O) groups excluding carboxylic acids is 1. The highest BCUT2D eigenvalue weighted by Gasteiger charge is 2.19. The molecule has 0 unspecified atom stereocenters. The summed E-state index contributed by atoms with van der Waals surface area (Å²) in [7, 11) is 2.92. The number of nitrogens with one attached hydrogen (secondary N) is 1. The van der Waals surface area contributed by atoms with Crippen molar-refractivity contribution in [2.75, 3.05) is 19.5 Å². The molecule has 150 valence electrons. The molecule has 0 fully saturated rings. The first-order valence-corrected chi connectivity index (χ1v) is 9.23. The van der Waals surface area contributed by atoms with Crippen molar-refractivity contribution >= 4 is 33.8 Å². The number of rotatable bonds is 8. The molecule has 0 atom stereocenters. The van der Waals surface area contributed by atoms with Crippen molar-refractivity contribution in [1.29, 1.82) is 0 Å². The molecule has 10 heteroatoms. The number of thiazole rings is 1. The summed E-state index contributed by atoms with van der Waals surface area (Å²) in [5, 5.41) is 16.6. The molecule has 3 aromatic rings. The Morgan fingerprint density at radius 2 is 1.93 bits per heavy atom. The second-order valence-corrected chi connectivity index (χ2v) is 6.58. The molecule has 1 N–H and O–H groups in total. The fourth-order valence-electron chi connectivity index (χ4n) is 2.41. The molecule has 0 aliphatic heterocycles. The van der Waals surface area contributed by atoms with Crippen molar-refractivity contribution in [1.82, 2.24) is 4.98 Å². The quantitative estimate of drug-likeness (QED) is 0.331. The van der Waals surface area contributed by atoms with Gasteiger partial charge in [0.25, 0.3) is 0 Å². The highest BCUT2D eigenvalue weighted by atomic mass is 32.1. The molecule has 1 aromatic heterocycles. The standard InChI is InChI=1S/C19H17N3O6S/c1-26-15-6-4-13(5-7-15)20-19-21-14(11-29-19)10-28-18(23)12-3-8-17(27-2)16(9-12)22(24)25/h3-9,11H,10H2,1-2H3,(H,20,21). The van der Waals surface area contributed by atoms with Crippen LogP contribution < -0.4 is 14.8 Å². The number of aromatic nitrogens is 1. The average molecular weight is 415 g/mol. The summed E-state index contributed by atoms with van der Waals surface area (Å²) in [6, 6.07) is 11.3. The van der Waals surface area contributed by atoms with E-state index in [2.05, 4.69) is 10.3 Å². The van der Waals surface area contributed by atoms with Gasteiger partial charge in [0, 0.05) is 17.1 Å². The van der Waals surface area contributed by atoms with E-state index >= 15 is 0 Å². The van der Waals surface area contributed by atoms with E-state index in [0.717, 1.165) is 17.5 Å². The zero-order valence-electron chi connectivity index (χ0n) is 15.6. The van der Waals surface area contributed by atoms with Crippen LogP contribution in [0.3, 0.4) is 0 Å². The van der Waals surface area contributed by atoms with Crippen molar-refractivity contribution < 1.29 is 23.9 Å². The first kappa shape index (κ1) is 20.1. The van der Waals surface area contributed by atoms with Gasteiger partial charge in [0.1, 0.15) is 12.4 Å². The lowest BCUT2D eigenvalue weighted by Crippen LogP contribution is -2.06. The number of ether oxygens (including phenoxy) is 3. The minimum absolute atomic E-state index is 0.0561. The second kappa shape index (κ2) is 9.02. The largest absolute Gasteiger partial charge is 0.497 e. The number of nitro benzene ring substituents is 1. The molecule has 0 bridgehead atoms. The van der Waals surface area contributed by atoms with Crippen LogP contribution >= 0.6 is 11.3 Å². The minimum Gasteiger partial charge on any atom is -0.497 e. The Kier molecular flexibility index (Phi) is 6.25.